The molecular formula is C10H10N2O4. The minimum absolute atomic E-state index is 0.0739. The number of nitrogens with zero attached hydrogens (tertiary/aromatic N) is 1. The van der Waals surface area contributed by atoms with Gasteiger partial charge in [-0.2, -0.15) is 0 Å². The van der Waals surface area contributed by atoms with E-state index in [-0.39, 0.29) is 18.1 Å². The van der Waals surface area contributed by atoms with E-state index in [1.54, 1.807) is 0 Å². The molecule has 0 saturated heterocycles. The Bertz CT molecular complexity index is 417. The molecule has 16 heavy (non-hydrogen) atoms. The second-order valence-corrected chi connectivity index (χ2v) is 2.73. The standard InChI is InChI=1S/C10H10N2O4/c1-2-6-16-10(15)12-8-5-3-4-7(11-8)9(13)14/h2-5H,1,6H2,(H,13,14)(H,11,12,15). The summed E-state index contributed by atoms with van der Waals surface area (Å²) in [6, 6.07) is 4.25. The van der Waals surface area contributed by atoms with Crippen molar-refractivity contribution in [2.45, 2.75) is 0 Å². The third-order valence-electron chi connectivity index (χ3n) is 1.53. The fraction of sp³-hybridized carbons (Fsp3) is 0.100. The van der Waals surface area contributed by atoms with Crippen LogP contribution < -0.4 is 5.32 Å². The van der Waals surface area contributed by atoms with Crippen LogP contribution in [0.5, 0.6) is 0 Å². The number of carbonyl (C=O) groups is 2. The van der Waals surface area contributed by atoms with Crippen molar-refractivity contribution in [3.05, 3.63) is 36.5 Å². The Morgan fingerprint density at radius 1 is 1.56 bits per heavy atom. The molecule has 0 aliphatic heterocycles. The predicted octanol–water partition coefficient (Wildman–Crippen LogP) is 1.51. The zero-order valence-corrected chi connectivity index (χ0v) is 8.34. The average Bonchev–Trinajstić information content (AvgIpc) is 2.26. The van der Waals surface area contributed by atoms with Crippen molar-refractivity contribution >= 4 is 17.9 Å². The maximum absolute atomic E-state index is 11.1. The van der Waals surface area contributed by atoms with Crippen LogP contribution in [0.2, 0.25) is 0 Å². The van der Waals surface area contributed by atoms with Gasteiger partial charge in [-0.3, -0.25) is 5.32 Å². The third-order valence-corrected chi connectivity index (χ3v) is 1.53. The van der Waals surface area contributed by atoms with Crippen molar-refractivity contribution in [3.63, 3.8) is 0 Å². The van der Waals surface area contributed by atoms with Gasteiger partial charge in [0.05, 0.1) is 0 Å². The van der Waals surface area contributed by atoms with E-state index in [0.717, 1.165) is 0 Å². The molecule has 0 aliphatic carbocycles. The zero-order valence-electron chi connectivity index (χ0n) is 8.34. The Morgan fingerprint density at radius 3 is 2.94 bits per heavy atom. The number of amides is 1. The quantitative estimate of drug-likeness (QED) is 0.754. The van der Waals surface area contributed by atoms with Crippen LogP contribution >= 0.6 is 0 Å². The molecule has 6 nitrogen and oxygen atoms in total. The Labute approximate surface area is 91.6 Å². The van der Waals surface area contributed by atoms with E-state index in [1.807, 2.05) is 0 Å². The number of hydrogen-bond donors (Lipinski definition) is 2. The largest absolute Gasteiger partial charge is 0.477 e. The van der Waals surface area contributed by atoms with Gasteiger partial charge in [-0.05, 0) is 12.1 Å². The molecule has 1 amide bonds. The second-order valence-electron chi connectivity index (χ2n) is 2.73. The van der Waals surface area contributed by atoms with Gasteiger partial charge >= 0.3 is 12.1 Å². The Balaban J connectivity index is 2.66. The fourth-order valence-electron chi connectivity index (χ4n) is 0.899. The van der Waals surface area contributed by atoms with E-state index in [1.165, 1.54) is 24.3 Å². The van der Waals surface area contributed by atoms with Crippen LogP contribution in [0.1, 0.15) is 10.5 Å². The summed E-state index contributed by atoms with van der Waals surface area (Å²) in [5.41, 5.74) is -0.151. The summed E-state index contributed by atoms with van der Waals surface area (Å²) < 4.78 is 4.64. The molecule has 0 aliphatic rings. The molecule has 0 bridgehead atoms. The molecule has 0 saturated carbocycles. The summed E-state index contributed by atoms with van der Waals surface area (Å²) in [6.45, 7) is 3.45. The van der Waals surface area contributed by atoms with Crippen molar-refractivity contribution in [1.29, 1.82) is 0 Å². The first-order valence-corrected chi connectivity index (χ1v) is 4.38. The normalized spacial score (nSPS) is 9.25. The predicted molar refractivity (Wildman–Crippen MR) is 56.4 cm³/mol. The lowest BCUT2D eigenvalue weighted by molar-refractivity contribution is 0.0690. The fourth-order valence-corrected chi connectivity index (χ4v) is 0.899. The minimum Gasteiger partial charge on any atom is -0.477 e. The summed E-state index contributed by atoms with van der Waals surface area (Å²) in [5, 5.41) is 11.0. The molecule has 84 valence electrons. The number of rotatable bonds is 4. The monoisotopic (exact) mass is 222 g/mol. The molecule has 1 heterocycles. The highest BCUT2D eigenvalue weighted by molar-refractivity contribution is 5.87. The maximum Gasteiger partial charge on any atom is 0.413 e. The molecule has 6 heteroatoms. The van der Waals surface area contributed by atoms with E-state index in [0.29, 0.717) is 0 Å². The molecule has 1 rings (SSSR count). The number of anilines is 1. The van der Waals surface area contributed by atoms with Gasteiger partial charge in [0.25, 0.3) is 0 Å². The van der Waals surface area contributed by atoms with Gasteiger partial charge in [-0.25, -0.2) is 14.6 Å². The van der Waals surface area contributed by atoms with Gasteiger partial charge in [0, 0.05) is 0 Å². The van der Waals surface area contributed by atoms with E-state index in [4.69, 9.17) is 5.11 Å². The number of aromatic nitrogens is 1. The average molecular weight is 222 g/mol. The molecule has 0 spiro atoms. The van der Waals surface area contributed by atoms with Crippen molar-refractivity contribution in [2.75, 3.05) is 11.9 Å². The molecule has 0 aromatic carbocycles. The number of nitrogens with one attached hydrogen (secondary N) is 1. The second kappa shape index (κ2) is 5.50. The van der Waals surface area contributed by atoms with Crippen LogP contribution in [-0.4, -0.2) is 28.8 Å². The minimum atomic E-state index is -1.16. The lowest BCUT2D eigenvalue weighted by Gasteiger charge is -2.04. The Morgan fingerprint density at radius 2 is 2.31 bits per heavy atom. The molecule has 0 radical (unpaired) electrons. The van der Waals surface area contributed by atoms with Crippen LogP contribution in [0.25, 0.3) is 0 Å². The Hall–Kier alpha value is -2.37. The maximum atomic E-state index is 11.1. The highest BCUT2D eigenvalue weighted by Gasteiger charge is 2.07. The summed E-state index contributed by atoms with van der Waals surface area (Å²) in [4.78, 5) is 25.4. The number of ether oxygens (including phenoxy) is 1. The highest BCUT2D eigenvalue weighted by atomic mass is 16.5. The van der Waals surface area contributed by atoms with Gasteiger partial charge in [-0.1, -0.05) is 18.7 Å². The van der Waals surface area contributed by atoms with Crippen molar-refractivity contribution in [3.8, 4) is 0 Å². The molecule has 0 fully saturated rings. The summed E-state index contributed by atoms with van der Waals surface area (Å²) in [5.74, 6) is -1.04. The van der Waals surface area contributed by atoms with Crippen molar-refractivity contribution in [1.82, 2.24) is 4.98 Å². The lowest BCUT2D eigenvalue weighted by Crippen LogP contribution is -2.15. The SMILES string of the molecule is C=CCOC(=O)Nc1cccc(C(=O)O)n1. The van der Waals surface area contributed by atoms with Crippen molar-refractivity contribution < 1.29 is 19.4 Å². The summed E-state index contributed by atoms with van der Waals surface area (Å²) in [7, 11) is 0. The van der Waals surface area contributed by atoms with Crippen LogP contribution in [0.15, 0.2) is 30.9 Å². The van der Waals surface area contributed by atoms with Gasteiger partial charge in [0.1, 0.15) is 12.4 Å². The lowest BCUT2D eigenvalue weighted by atomic mass is 10.3. The van der Waals surface area contributed by atoms with Crippen molar-refractivity contribution in [2.24, 2.45) is 0 Å². The topological polar surface area (TPSA) is 88.5 Å². The van der Waals surface area contributed by atoms with Crippen LogP contribution in [0, 0.1) is 0 Å². The number of carbonyl (C=O) groups excluding carboxylic acids is 1. The van der Waals surface area contributed by atoms with Crippen LogP contribution in [-0.2, 0) is 4.74 Å². The smallest absolute Gasteiger partial charge is 0.413 e. The Kier molecular flexibility index (Phi) is 4.02. The number of carboxylic acid groups (broad SMARTS) is 1. The first-order chi connectivity index (χ1) is 7.63. The van der Waals surface area contributed by atoms with Gasteiger partial charge < -0.3 is 9.84 Å². The summed E-state index contributed by atoms with van der Waals surface area (Å²) in [6.07, 6.45) is 0.704. The number of pyridine rings is 1. The van der Waals surface area contributed by atoms with Crippen LogP contribution in [0.4, 0.5) is 10.6 Å². The number of carboxylic acids is 1. The van der Waals surface area contributed by atoms with Crippen LogP contribution in [0.3, 0.4) is 0 Å². The molecule has 1 aromatic heterocycles. The van der Waals surface area contributed by atoms with E-state index in [9.17, 15) is 9.59 Å². The van der Waals surface area contributed by atoms with Gasteiger partial charge in [0.2, 0.25) is 0 Å². The zero-order chi connectivity index (χ0) is 12.0. The van der Waals surface area contributed by atoms with E-state index < -0.39 is 12.1 Å². The van der Waals surface area contributed by atoms with Gasteiger partial charge in [0.15, 0.2) is 5.69 Å². The summed E-state index contributed by atoms with van der Waals surface area (Å²) >= 11 is 0. The first kappa shape index (κ1) is 11.7. The number of aromatic carboxylic acids is 1. The first-order valence-electron chi connectivity index (χ1n) is 4.38. The number of hydrogen-bond acceptors (Lipinski definition) is 4. The molecule has 0 atom stereocenters. The highest BCUT2D eigenvalue weighted by Crippen LogP contribution is 2.05. The molecule has 1 aromatic rings. The third kappa shape index (κ3) is 3.41. The molecular weight excluding hydrogens is 212 g/mol. The van der Waals surface area contributed by atoms with E-state index in [2.05, 4.69) is 21.6 Å². The molecule has 2 N–H and O–H groups in total. The molecule has 0 unspecified atom stereocenters. The van der Waals surface area contributed by atoms with E-state index >= 15 is 0 Å². The van der Waals surface area contributed by atoms with Gasteiger partial charge in [-0.15, -0.1) is 0 Å².